The Balaban J connectivity index is 1.56. The number of benzene rings is 3. The van der Waals surface area contributed by atoms with Crippen LogP contribution in [0.3, 0.4) is 0 Å². The summed E-state index contributed by atoms with van der Waals surface area (Å²) in [5.74, 6) is -0.170. The van der Waals surface area contributed by atoms with Gasteiger partial charge in [-0.3, -0.25) is 4.90 Å². The lowest BCUT2D eigenvalue weighted by Crippen LogP contribution is -2.66. The van der Waals surface area contributed by atoms with Crippen LogP contribution in [0.4, 0.5) is 31.1 Å². The summed E-state index contributed by atoms with van der Waals surface area (Å²) in [4.78, 5) is 15.3. The average Bonchev–Trinajstić information content (AvgIpc) is 3.45. The van der Waals surface area contributed by atoms with Gasteiger partial charge in [-0.15, -0.1) is 0 Å². The molecule has 1 unspecified atom stereocenters. The summed E-state index contributed by atoms with van der Waals surface area (Å²) in [6, 6.07) is 20.4. The van der Waals surface area contributed by atoms with Crippen LogP contribution >= 0.6 is 0 Å². The molecule has 8 nitrogen and oxygen atoms in total. The van der Waals surface area contributed by atoms with Crippen LogP contribution in [0.25, 0.3) is 0 Å². The highest BCUT2D eigenvalue weighted by Crippen LogP contribution is 2.46. The molecule has 0 saturated carbocycles. The molecule has 2 aliphatic rings. The molecule has 0 aromatic heterocycles. The van der Waals surface area contributed by atoms with Gasteiger partial charge in [0.2, 0.25) is 10.0 Å². The van der Waals surface area contributed by atoms with Gasteiger partial charge < -0.3 is 9.47 Å². The number of hydrogen-bond donors (Lipinski definition) is 0. The van der Waals surface area contributed by atoms with Gasteiger partial charge >= 0.3 is 18.4 Å². The van der Waals surface area contributed by atoms with E-state index in [-0.39, 0.29) is 44.2 Å². The molecule has 2 heterocycles. The van der Waals surface area contributed by atoms with Gasteiger partial charge in [-0.25, -0.2) is 13.2 Å². The monoisotopic (exact) mass is 709 g/mol. The number of piperidine rings is 1. The Bertz CT molecular complexity index is 1770. The van der Waals surface area contributed by atoms with E-state index in [9.17, 15) is 44.8 Å². The van der Waals surface area contributed by atoms with Crippen molar-refractivity contribution in [1.29, 1.82) is 5.26 Å². The SMILES string of the molecule is C[C@@H](OC[C@@]1(c2ccccc2)CCC(C#N)(N2CCCS2(=O)=O)CN1C(=O)OCc1ccccc1)c1cc(C(F)(F)F)cc(C(F)(F)F)c1. The molecule has 3 atom stereocenters. The first-order chi connectivity index (χ1) is 23.0. The van der Waals surface area contributed by atoms with Gasteiger partial charge in [0.15, 0.2) is 0 Å². The van der Waals surface area contributed by atoms with Gasteiger partial charge in [0.1, 0.15) is 12.1 Å². The molecule has 2 fully saturated rings. The third-order valence-corrected chi connectivity index (χ3v) is 11.1. The van der Waals surface area contributed by atoms with E-state index in [4.69, 9.17) is 9.47 Å². The number of alkyl halides is 6. The number of ether oxygens (including phenoxy) is 2. The Hall–Kier alpha value is -4.13. The van der Waals surface area contributed by atoms with E-state index < -0.39 is 75.5 Å². The number of carbonyl (C=O) groups excluding carboxylic acids is 1. The summed E-state index contributed by atoms with van der Waals surface area (Å²) in [5.41, 5.74) is -5.42. The lowest BCUT2D eigenvalue weighted by molar-refractivity contribution is -0.143. The number of sulfonamides is 1. The summed E-state index contributed by atoms with van der Waals surface area (Å²) < 4.78 is 121. The summed E-state index contributed by atoms with van der Waals surface area (Å²) in [6.45, 7) is 0.303. The van der Waals surface area contributed by atoms with E-state index in [1.807, 2.05) is 0 Å². The molecule has 2 aliphatic heterocycles. The van der Waals surface area contributed by atoms with E-state index in [1.165, 1.54) is 11.8 Å². The molecule has 262 valence electrons. The molecule has 49 heavy (non-hydrogen) atoms. The minimum absolute atomic E-state index is 0.0289. The fourth-order valence-electron chi connectivity index (χ4n) is 6.40. The minimum atomic E-state index is -5.07. The maximum Gasteiger partial charge on any atom is 0.416 e. The van der Waals surface area contributed by atoms with Crippen molar-refractivity contribution in [2.75, 3.05) is 25.4 Å². The highest BCUT2D eigenvalue weighted by atomic mass is 32.2. The lowest BCUT2D eigenvalue weighted by atomic mass is 9.75. The number of amides is 1. The van der Waals surface area contributed by atoms with Crippen molar-refractivity contribution >= 4 is 16.1 Å². The van der Waals surface area contributed by atoms with Crippen LogP contribution in [0.2, 0.25) is 0 Å². The molecule has 2 saturated heterocycles. The first-order valence-corrected chi connectivity index (χ1v) is 17.0. The van der Waals surface area contributed by atoms with Crippen molar-refractivity contribution in [3.63, 3.8) is 0 Å². The quantitative estimate of drug-likeness (QED) is 0.226. The van der Waals surface area contributed by atoms with E-state index in [0.717, 1.165) is 4.31 Å². The van der Waals surface area contributed by atoms with Crippen molar-refractivity contribution in [2.45, 2.75) is 62.3 Å². The zero-order valence-electron chi connectivity index (χ0n) is 26.3. The molecule has 0 spiro atoms. The number of hydrogen-bond acceptors (Lipinski definition) is 6. The summed E-state index contributed by atoms with van der Waals surface area (Å²) >= 11 is 0. The van der Waals surface area contributed by atoms with Gasteiger partial charge in [0.25, 0.3) is 0 Å². The molecule has 5 rings (SSSR count). The van der Waals surface area contributed by atoms with Crippen molar-refractivity contribution in [1.82, 2.24) is 9.21 Å². The smallest absolute Gasteiger partial charge is 0.416 e. The number of likely N-dealkylation sites (tertiary alicyclic amines) is 1. The van der Waals surface area contributed by atoms with Crippen LogP contribution in [0.15, 0.2) is 78.9 Å². The third kappa shape index (κ3) is 7.56. The Kier molecular flexibility index (Phi) is 10.1. The normalized spacial score (nSPS) is 23.5. The van der Waals surface area contributed by atoms with Crippen LogP contribution in [0, 0.1) is 11.3 Å². The van der Waals surface area contributed by atoms with E-state index >= 15 is 0 Å². The average molecular weight is 710 g/mol. The molecule has 3 aromatic rings. The van der Waals surface area contributed by atoms with Gasteiger partial charge in [-0.05, 0) is 61.1 Å². The summed E-state index contributed by atoms with van der Waals surface area (Å²) in [7, 11) is -3.84. The van der Waals surface area contributed by atoms with E-state index in [2.05, 4.69) is 6.07 Å². The third-order valence-electron chi connectivity index (χ3n) is 9.06. The second-order valence-corrected chi connectivity index (χ2v) is 14.2. The lowest BCUT2D eigenvalue weighted by Gasteiger charge is -2.53. The molecule has 0 aliphatic carbocycles. The fourth-order valence-corrected chi connectivity index (χ4v) is 8.25. The number of nitriles is 1. The molecule has 1 amide bonds. The molecular formula is C34H33F6N3O5S. The molecule has 0 N–H and O–H groups in total. The Morgan fingerprint density at radius 2 is 1.53 bits per heavy atom. The topological polar surface area (TPSA) is 99.9 Å². The predicted octanol–water partition coefficient (Wildman–Crippen LogP) is 7.43. The largest absolute Gasteiger partial charge is 0.445 e. The van der Waals surface area contributed by atoms with E-state index in [1.54, 1.807) is 60.7 Å². The second kappa shape index (κ2) is 13.6. The zero-order valence-corrected chi connectivity index (χ0v) is 27.1. The van der Waals surface area contributed by atoms with Gasteiger partial charge in [-0.2, -0.15) is 35.9 Å². The second-order valence-electron chi connectivity index (χ2n) is 12.2. The molecule has 0 radical (unpaired) electrons. The first-order valence-electron chi connectivity index (χ1n) is 15.4. The van der Waals surface area contributed by atoms with Gasteiger partial charge in [0, 0.05) is 6.54 Å². The number of rotatable bonds is 8. The summed E-state index contributed by atoms with van der Waals surface area (Å²) in [6.07, 6.45) is -12.2. The Labute approximate surface area is 279 Å². The minimum Gasteiger partial charge on any atom is -0.445 e. The van der Waals surface area contributed by atoms with Crippen LogP contribution in [-0.4, -0.2) is 54.7 Å². The summed E-state index contributed by atoms with van der Waals surface area (Å²) in [5, 5.41) is 10.5. The van der Waals surface area contributed by atoms with Crippen molar-refractivity contribution < 1.29 is 49.0 Å². The standard InChI is InChI=1S/C34H33F6N3O5S/c1-24(26-17-28(33(35,36)37)19-29(18-26)34(38,39)40)48-23-32(27-11-6-3-7-12-27)14-13-31(21-41,43-15-8-16-49(43,45)46)22-42(32)30(44)47-20-25-9-4-2-5-10-25/h2-7,9-12,17-19,24H,8,13-16,20,22-23H2,1H3/t24-,31?,32-/m1/s1. The number of carbonyl (C=O) groups is 1. The predicted molar refractivity (Wildman–Crippen MR) is 165 cm³/mol. The van der Waals surface area contributed by atoms with Crippen LogP contribution in [-0.2, 0) is 44.0 Å². The van der Waals surface area contributed by atoms with Crippen LogP contribution in [0.5, 0.6) is 0 Å². The maximum atomic E-state index is 14.1. The maximum absolute atomic E-state index is 14.1. The number of halogens is 6. The van der Waals surface area contributed by atoms with E-state index in [0.29, 0.717) is 23.3 Å². The number of nitrogens with zero attached hydrogens (tertiary/aromatic N) is 3. The van der Waals surface area contributed by atoms with Gasteiger partial charge in [-0.1, -0.05) is 60.7 Å². The van der Waals surface area contributed by atoms with Gasteiger partial charge in [0.05, 0.1) is 47.7 Å². The van der Waals surface area contributed by atoms with Crippen molar-refractivity contribution in [2.24, 2.45) is 0 Å². The Morgan fingerprint density at radius 1 is 0.939 bits per heavy atom. The van der Waals surface area contributed by atoms with Crippen LogP contribution < -0.4 is 0 Å². The molecule has 0 bridgehead atoms. The molecule has 15 heteroatoms. The Morgan fingerprint density at radius 3 is 2.06 bits per heavy atom. The van der Waals surface area contributed by atoms with Crippen molar-refractivity contribution in [3.8, 4) is 6.07 Å². The zero-order chi connectivity index (χ0) is 35.7. The van der Waals surface area contributed by atoms with Crippen molar-refractivity contribution in [3.05, 3.63) is 107 Å². The fraction of sp³-hybridized carbons (Fsp3) is 0.412. The van der Waals surface area contributed by atoms with Crippen LogP contribution in [0.1, 0.15) is 60.1 Å². The molecule has 3 aromatic carbocycles. The highest BCUT2D eigenvalue weighted by Gasteiger charge is 2.57. The molecular weight excluding hydrogens is 676 g/mol. The first kappa shape index (κ1) is 36.2. The highest BCUT2D eigenvalue weighted by molar-refractivity contribution is 7.89.